The third-order valence-corrected chi connectivity index (χ3v) is 4.02. The standard InChI is InChI=1S/C21H17FN2O4/c22-18-8-4-16(5-9-18)14-28-20-3-1-2-17(12-20)21(25)23-13-15-6-10-19(11-7-15)24(26)27/h1-12H,13-14H2,(H,23,25). The van der Waals surface area contributed by atoms with E-state index in [2.05, 4.69) is 5.32 Å². The second-order valence-corrected chi connectivity index (χ2v) is 6.05. The van der Waals surface area contributed by atoms with Gasteiger partial charge in [-0.2, -0.15) is 0 Å². The fourth-order valence-corrected chi connectivity index (χ4v) is 2.49. The van der Waals surface area contributed by atoms with Crippen LogP contribution in [-0.4, -0.2) is 10.8 Å². The minimum atomic E-state index is -0.472. The number of carbonyl (C=O) groups is 1. The molecule has 0 heterocycles. The lowest BCUT2D eigenvalue weighted by Crippen LogP contribution is -2.22. The largest absolute Gasteiger partial charge is 0.489 e. The highest BCUT2D eigenvalue weighted by Crippen LogP contribution is 2.16. The maximum Gasteiger partial charge on any atom is 0.269 e. The van der Waals surface area contributed by atoms with Crippen molar-refractivity contribution in [2.75, 3.05) is 0 Å². The van der Waals surface area contributed by atoms with E-state index in [1.165, 1.54) is 24.3 Å². The lowest BCUT2D eigenvalue weighted by Gasteiger charge is -2.09. The van der Waals surface area contributed by atoms with Crippen molar-refractivity contribution in [2.24, 2.45) is 0 Å². The van der Waals surface area contributed by atoms with Crippen LogP contribution in [0.2, 0.25) is 0 Å². The van der Waals surface area contributed by atoms with E-state index in [0.717, 1.165) is 11.1 Å². The summed E-state index contributed by atoms with van der Waals surface area (Å²) in [4.78, 5) is 22.5. The molecule has 28 heavy (non-hydrogen) atoms. The lowest BCUT2D eigenvalue weighted by molar-refractivity contribution is -0.384. The van der Waals surface area contributed by atoms with Gasteiger partial charge in [-0.3, -0.25) is 14.9 Å². The van der Waals surface area contributed by atoms with E-state index in [1.807, 2.05) is 0 Å². The van der Waals surface area contributed by atoms with Gasteiger partial charge in [0, 0.05) is 24.2 Å². The zero-order valence-electron chi connectivity index (χ0n) is 14.8. The maximum atomic E-state index is 12.9. The molecule has 1 amide bonds. The van der Waals surface area contributed by atoms with Gasteiger partial charge in [-0.1, -0.05) is 30.3 Å². The van der Waals surface area contributed by atoms with Gasteiger partial charge in [0.2, 0.25) is 0 Å². The molecule has 0 radical (unpaired) electrons. The van der Waals surface area contributed by atoms with Crippen molar-refractivity contribution in [2.45, 2.75) is 13.2 Å². The fourth-order valence-electron chi connectivity index (χ4n) is 2.49. The molecule has 0 bridgehead atoms. The summed E-state index contributed by atoms with van der Waals surface area (Å²) in [7, 11) is 0. The minimum absolute atomic E-state index is 0.00100. The number of benzene rings is 3. The van der Waals surface area contributed by atoms with E-state index < -0.39 is 4.92 Å². The van der Waals surface area contributed by atoms with Crippen LogP contribution in [0.15, 0.2) is 72.8 Å². The van der Waals surface area contributed by atoms with E-state index in [0.29, 0.717) is 11.3 Å². The molecule has 3 rings (SSSR count). The number of nitrogens with zero attached hydrogens (tertiary/aromatic N) is 1. The second-order valence-electron chi connectivity index (χ2n) is 6.05. The molecule has 7 heteroatoms. The highest BCUT2D eigenvalue weighted by molar-refractivity contribution is 5.94. The molecule has 6 nitrogen and oxygen atoms in total. The van der Waals surface area contributed by atoms with Gasteiger partial charge < -0.3 is 10.1 Å². The van der Waals surface area contributed by atoms with Crippen molar-refractivity contribution in [1.29, 1.82) is 0 Å². The number of halogens is 1. The van der Waals surface area contributed by atoms with Crippen LogP contribution in [0.4, 0.5) is 10.1 Å². The Balaban J connectivity index is 1.57. The molecule has 0 aliphatic carbocycles. The number of nitrogens with one attached hydrogen (secondary N) is 1. The monoisotopic (exact) mass is 380 g/mol. The zero-order chi connectivity index (χ0) is 19.9. The summed E-state index contributed by atoms with van der Waals surface area (Å²) in [6.45, 7) is 0.506. The zero-order valence-corrected chi connectivity index (χ0v) is 14.8. The predicted molar refractivity (Wildman–Crippen MR) is 101 cm³/mol. The Bertz CT molecular complexity index is 972. The first-order chi connectivity index (χ1) is 13.5. The Morgan fingerprint density at radius 1 is 1.00 bits per heavy atom. The first-order valence-electron chi connectivity index (χ1n) is 8.50. The Kier molecular flexibility index (Phi) is 5.96. The lowest BCUT2D eigenvalue weighted by atomic mass is 10.1. The van der Waals surface area contributed by atoms with E-state index in [-0.39, 0.29) is 30.6 Å². The summed E-state index contributed by atoms with van der Waals surface area (Å²) in [5, 5.41) is 13.4. The van der Waals surface area contributed by atoms with Crippen molar-refractivity contribution < 1.29 is 18.8 Å². The van der Waals surface area contributed by atoms with Gasteiger partial charge >= 0.3 is 0 Å². The quantitative estimate of drug-likeness (QED) is 0.491. The van der Waals surface area contributed by atoms with E-state index in [1.54, 1.807) is 48.5 Å². The van der Waals surface area contributed by atoms with Gasteiger partial charge in [0.05, 0.1) is 4.92 Å². The number of carbonyl (C=O) groups excluding carboxylic acids is 1. The molecule has 1 N–H and O–H groups in total. The number of amides is 1. The fraction of sp³-hybridized carbons (Fsp3) is 0.0952. The molecule has 0 aliphatic heterocycles. The molecule has 0 unspecified atom stereocenters. The number of nitro benzene ring substituents is 1. The van der Waals surface area contributed by atoms with Crippen LogP contribution in [0, 0.1) is 15.9 Å². The number of non-ortho nitro benzene ring substituents is 1. The summed E-state index contributed by atoms with van der Waals surface area (Å²) in [5.74, 6) is -0.0756. The average Bonchev–Trinajstić information content (AvgIpc) is 2.72. The number of hydrogen-bond donors (Lipinski definition) is 1. The van der Waals surface area contributed by atoms with E-state index in [9.17, 15) is 19.3 Å². The molecule has 0 aromatic heterocycles. The molecule has 0 atom stereocenters. The maximum absolute atomic E-state index is 12.9. The number of hydrogen-bond acceptors (Lipinski definition) is 4. The summed E-state index contributed by atoms with van der Waals surface area (Å²) in [6, 6.07) is 18.7. The SMILES string of the molecule is O=C(NCc1ccc([N+](=O)[O-])cc1)c1cccc(OCc2ccc(F)cc2)c1. The molecule has 142 valence electrons. The average molecular weight is 380 g/mol. The molecule has 0 aliphatic rings. The van der Waals surface area contributed by atoms with Crippen molar-refractivity contribution in [1.82, 2.24) is 5.32 Å². The van der Waals surface area contributed by atoms with Crippen LogP contribution in [0.3, 0.4) is 0 Å². The molecule has 0 saturated carbocycles. The Morgan fingerprint density at radius 2 is 1.68 bits per heavy atom. The van der Waals surface area contributed by atoms with E-state index >= 15 is 0 Å². The molecule has 3 aromatic rings. The van der Waals surface area contributed by atoms with Crippen LogP contribution in [0.1, 0.15) is 21.5 Å². The summed E-state index contributed by atoms with van der Waals surface area (Å²) >= 11 is 0. The van der Waals surface area contributed by atoms with Crippen LogP contribution in [-0.2, 0) is 13.2 Å². The van der Waals surface area contributed by atoms with Crippen LogP contribution >= 0.6 is 0 Å². The smallest absolute Gasteiger partial charge is 0.269 e. The molecule has 0 fully saturated rings. The van der Waals surface area contributed by atoms with Crippen molar-refractivity contribution >= 4 is 11.6 Å². The van der Waals surface area contributed by atoms with Crippen LogP contribution in [0.25, 0.3) is 0 Å². The van der Waals surface area contributed by atoms with Crippen molar-refractivity contribution in [3.05, 3.63) is 105 Å². The summed E-state index contributed by atoms with van der Waals surface area (Å²) < 4.78 is 18.6. The van der Waals surface area contributed by atoms with Gasteiger partial charge in [-0.05, 0) is 41.5 Å². The Hall–Kier alpha value is -3.74. The summed E-state index contributed by atoms with van der Waals surface area (Å²) in [6.07, 6.45) is 0. The summed E-state index contributed by atoms with van der Waals surface area (Å²) in [5.41, 5.74) is 2.00. The first-order valence-corrected chi connectivity index (χ1v) is 8.50. The van der Waals surface area contributed by atoms with Crippen molar-refractivity contribution in [3.8, 4) is 5.75 Å². The van der Waals surface area contributed by atoms with Crippen molar-refractivity contribution in [3.63, 3.8) is 0 Å². The van der Waals surface area contributed by atoms with Gasteiger partial charge in [0.15, 0.2) is 0 Å². The molecule has 0 saturated heterocycles. The van der Waals surface area contributed by atoms with Gasteiger partial charge in [-0.25, -0.2) is 4.39 Å². The molecule has 0 spiro atoms. The minimum Gasteiger partial charge on any atom is -0.489 e. The van der Waals surface area contributed by atoms with Crippen LogP contribution in [0.5, 0.6) is 5.75 Å². The molecular weight excluding hydrogens is 363 g/mol. The van der Waals surface area contributed by atoms with E-state index in [4.69, 9.17) is 4.74 Å². The number of ether oxygens (including phenoxy) is 1. The molecular formula is C21H17FN2O4. The van der Waals surface area contributed by atoms with Gasteiger partial charge in [-0.15, -0.1) is 0 Å². The van der Waals surface area contributed by atoms with Gasteiger partial charge in [0.1, 0.15) is 18.2 Å². The topological polar surface area (TPSA) is 81.5 Å². The predicted octanol–water partition coefficient (Wildman–Crippen LogP) is 4.24. The number of nitro groups is 1. The Labute approximate surface area is 160 Å². The highest BCUT2D eigenvalue weighted by Gasteiger charge is 2.08. The second kappa shape index (κ2) is 8.77. The van der Waals surface area contributed by atoms with Crippen LogP contribution < -0.4 is 10.1 Å². The third-order valence-electron chi connectivity index (χ3n) is 4.02. The number of rotatable bonds is 7. The molecule has 3 aromatic carbocycles. The Morgan fingerprint density at radius 3 is 2.36 bits per heavy atom. The third kappa shape index (κ3) is 5.14. The van der Waals surface area contributed by atoms with Gasteiger partial charge in [0.25, 0.3) is 11.6 Å². The normalized spacial score (nSPS) is 10.3. The highest BCUT2D eigenvalue weighted by atomic mass is 19.1. The first kappa shape index (κ1) is 19.0.